The normalized spacial score (nSPS) is 19.5. The van der Waals surface area contributed by atoms with Crippen LogP contribution in [-0.2, 0) is 11.0 Å². The van der Waals surface area contributed by atoms with Gasteiger partial charge in [0.2, 0.25) is 0 Å². The van der Waals surface area contributed by atoms with Crippen LogP contribution in [0.4, 0.5) is 13.2 Å². The summed E-state index contributed by atoms with van der Waals surface area (Å²) in [6.45, 7) is 5.15. The number of hydrogen-bond acceptors (Lipinski definition) is 4. The van der Waals surface area contributed by atoms with Crippen molar-refractivity contribution in [2.24, 2.45) is 11.3 Å². The molecule has 2 N–H and O–H groups in total. The van der Waals surface area contributed by atoms with E-state index in [1.165, 1.54) is 12.1 Å². The van der Waals surface area contributed by atoms with E-state index in [4.69, 9.17) is 23.2 Å². The highest BCUT2D eigenvalue weighted by Crippen LogP contribution is 2.39. The van der Waals surface area contributed by atoms with E-state index >= 15 is 0 Å². The number of aromatic nitrogens is 2. The maximum absolute atomic E-state index is 14.3. The van der Waals surface area contributed by atoms with Gasteiger partial charge in [-0.25, -0.2) is 0 Å². The molecule has 204 valence electrons. The Hall–Kier alpha value is -2.30. The maximum atomic E-state index is 14.3. The van der Waals surface area contributed by atoms with Crippen molar-refractivity contribution in [2.45, 2.75) is 64.8 Å². The molecule has 37 heavy (non-hydrogen) atoms. The highest BCUT2D eigenvalue weighted by molar-refractivity contribution is 6.36. The lowest BCUT2D eigenvalue weighted by Gasteiger charge is -2.32. The van der Waals surface area contributed by atoms with Crippen LogP contribution in [0.2, 0.25) is 10.0 Å². The van der Waals surface area contributed by atoms with E-state index in [9.17, 15) is 33.0 Å². The Morgan fingerprint density at radius 3 is 2.19 bits per heavy atom. The molecule has 1 atom stereocenters. The van der Waals surface area contributed by atoms with Crippen molar-refractivity contribution in [2.75, 3.05) is 13.1 Å². The first-order valence-corrected chi connectivity index (χ1v) is 12.6. The lowest BCUT2D eigenvalue weighted by atomic mass is 9.86. The predicted molar refractivity (Wildman–Crippen MR) is 133 cm³/mol. The minimum absolute atomic E-state index is 0.0389. The minimum atomic E-state index is -4.89. The first-order chi connectivity index (χ1) is 17.1. The molecule has 1 saturated carbocycles. The Labute approximate surface area is 223 Å². The number of carboxylic acids is 1. The van der Waals surface area contributed by atoms with Crippen LogP contribution in [0, 0.1) is 11.3 Å². The van der Waals surface area contributed by atoms with Gasteiger partial charge in [0.15, 0.2) is 5.69 Å². The summed E-state index contributed by atoms with van der Waals surface area (Å²) < 4.78 is 43.7. The van der Waals surface area contributed by atoms with E-state index in [2.05, 4.69) is 5.10 Å². The topological polar surface area (TPSA) is 95.7 Å². The molecule has 1 aromatic heterocycles. The number of hydrogen-bond donors (Lipinski definition) is 2. The highest BCUT2D eigenvalue weighted by atomic mass is 35.5. The van der Waals surface area contributed by atoms with Gasteiger partial charge in [-0.3, -0.25) is 14.3 Å². The Kier molecular flexibility index (Phi) is 8.86. The number of rotatable bonds is 7. The zero-order valence-electron chi connectivity index (χ0n) is 20.7. The number of benzene rings is 1. The summed E-state index contributed by atoms with van der Waals surface area (Å²) in [5, 5.41) is 24.4. The maximum Gasteiger partial charge on any atom is 0.433 e. The van der Waals surface area contributed by atoms with Crippen LogP contribution in [0.3, 0.4) is 0 Å². The van der Waals surface area contributed by atoms with Gasteiger partial charge in [0.25, 0.3) is 5.91 Å². The second kappa shape index (κ2) is 11.2. The average molecular weight is 564 g/mol. The fourth-order valence-corrected chi connectivity index (χ4v) is 5.39. The number of aliphatic carboxylic acids is 1. The molecule has 1 aliphatic carbocycles. The fourth-order valence-electron chi connectivity index (χ4n) is 4.74. The van der Waals surface area contributed by atoms with Crippen LogP contribution in [0.15, 0.2) is 24.4 Å². The number of halogens is 5. The molecule has 0 aliphatic heterocycles. The summed E-state index contributed by atoms with van der Waals surface area (Å²) >= 11 is 12.4. The van der Waals surface area contributed by atoms with Crippen LogP contribution in [0.25, 0.3) is 0 Å². The molecule has 1 aliphatic rings. The van der Waals surface area contributed by atoms with E-state index in [1.54, 1.807) is 6.07 Å². The molecular weight excluding hydrogens is 534 g/mol. The van der Waals surface area contributed by atoms with E-state index in [0.717, 1.165) is 15.8 Å². The molecule has 0 bridgehead atoms. The Morgan fingerprint density at radius 1 is 1.14 bits per heavy atom. The predicted octanol–water partition coefficient (Wildman–Crippen LogP) is 6.25. The van der Waals surface area contributed by atoms with E-state index < -0.39 is 52.8 Å². The first-order valence-electron chi connectivity index (χ1n) is 11.9. The average Bonchev–Trinajstić information content (AvgIpc) is 3.23. The van der Waals surface area contributed by atoms with Gasteiger partial charge < -0.3 is 15.1 Å². The van der Waals surface area contributed by atoms with Crippen molar-refractivity contribution in [1.29, 1.82) is 0 Å². The summed E-state index contributed by atoms with van der Waals surface area (Å²) in [5.74, 6) is -2.52. The largest absolute Gasteiger partial charge is 0.481 e. The summed E-state index contributed by atoms with van der Waals surface area (Å²) in [6, 6.07) is 3.95. The van der Waals surface area contributed by atoms with E-state index in [0.29, 0.717) is 0 Å². The number of amides is 1. The molecule has 1 heterocycles. The van der Waals surface area contributed by atoms with Crippen molar-refractivity contribution in [1.82, 2.24) is 14.7 Å². The molecule has 12 heteroatoms. The second-order valence-corrected chi connectivity index (χ2v) is 11.4. The number of carbonyl (C=O) groups excluding carboxylic acids is 1. The van der Waals surface area contributed by atoms with Crippen LogP contribution in [0.1, 0.15) is 80.2 Å². The van der Waals surface area contributed by atoms with Crippen LogP contribution < -0.4 is 0 Å². The third-order valence-corrected chi connectivity index (χ3v) is 7.02. The third-order valence-electron chi connectivity index (χ3n) is 6.36. The summed E-state index contributed by atoms with van der Waals surface area (Å²) in [4.78, 5) is 26.0. The quantitative estimate of drug-likeness (QED) is 0.415. The van der Waals surface area contributed by atoms with Crippen molar-refractivity contribution >= 4 is 35.1 Å². The second-order valence-electron chi connectivity index (χ2n) is 10.6. The first kappa shape index (κ1) is 29.3. The lowest BCUT2D eigenvalue weighted by molar-refractivity contribution is -0.147. The van der Waals surface area contributed by atoms with Gasteiger partial charge in [-0.15, -0.1) is 0 Å². The number of alkyl halides is 3. The number of aliphatic hydroxyl groups is 1. The monoisotopic (exact) mass is 563 g/mol. The number of nitrogens with zero attached hydrogens (tertiary/aromatic N) is 3. The minimum Gasteiger partial charge on any atom is -0.481 e. The Morgan fingerprint density at radius 2 is 1.70 bits per heavy atom. The van der Waals surface area contributed by atoms with Crippen molar-refractivity contribution in [3.63, 3.8) is 0 Å². The van der Waals surface area contributed by atoms with Gasteiger partial charge in [0.1, 0.15) is 0 Å². The van der Waals surface area contributed by atoms with Crippen molar-refractivity contribution in [3.8, 4) is 0 Å². The SMILES string of the molecule is CC(C)(C)CN(C[C@H](O)c1c(Cl)cccc1Cl)C(=O)c1cnn(C2CCC(C(=O)O)CC2)c1C(F)(F)F. The third kappa shape index (κ3) is 6.97. The van der Waals surface area contributed by atoms with Gasteiger partial charge in [-0.1, -0.05) is 50.0 Å². The van der Waals surface area contributed by atoms with Gasteiger partial charge in [-0.05, 0) is 43.2 Å². The van der Waals surface area contributed by atoms with Crippen molar-refractivity contribution < 1.29 is 33.0 Å². The lowest BCUT2D eigenvalue weighted by Crippen LogP contribution is -2.41. The van der Waals surface area contributed by atoms with Gasteiger partial charge in [0.05, 0.1) is 36.4 Å². The molecule has 0 radical (unpaired) electrons. The van der Waals surface area contributed by atoms with E-state index in [1.807, 2.05) is 20.8 Å². The molecule has 7 nitrogen and oxygen atoms in total. The van der Waals surface area contributed by atoms with Crippen LogP contribution in [-0.4, -0.2) is 49.9 Å². The summed E-state index contributed by atoms with van der Waals surface area (Å²) in [7, 11) is 0. The Bertz CT molecular complexity index is 1120. The standard InChI is InChI=1S/C25H30Cl2F3N3O4/c1-24(2,3)13-32(12-19(34)20-17(26)5-4-6-18(20)27)22(35)16-11-31-33(21(16)25(28,29)30)15-9-7-14(8-10-15)23(36)37/h4-6,11,14-15,19,34H,7-10,12-13H2,1-3H3,(H,36,37)/t14?,15?,19-/m0/s1. The molecule has 3 rings (SSSR count). The van der Waals surface area contributed by atoms with Gasteiger partial charge >= 0.3 is 12.1 Å². The highest BCUT2D eigenvalue weighted by Gasteiger charge is 2.43. The van der Waals surface area contributed by atoms with Crippen LogP contribution >= 0.6 is 23.2 Å². The molecule has 1 fully saturated rings. The molecule has 2 aromatic rings. The zero-order chi connectivity index (χ0) is 27.7. The number of carbonyl (C=O) groups is 2. The van der Waals surface area contributed by atoms with E-state index in [-0.39, 0.29) is 54.4 Å². The number of aliphatic hydroxyl groups excluding tert-OH is 1. The molecule has 0 spiro atoms. The molecule has 0 saturated heterocycles. The Balaban J connectivity index is 1.96. The van der Waals surface area contributed by atoms with Gasteiger partial charge in [0, 0.05) is 22.2 Å². The molecule has 0 unspecified atom stereocenters. The summed E-state index contributed by atoms with van der Waals surface area (Å²) in [5.41, 5.74) is -2.14. The summed E-state index contributed by atoms with van der Waals surface area (Å²) in [6.07, 6.45) is -4.48. The van der Waals surface area contributed by atoms with Gasteiger partial charge in [-0.2, -0.15) is 18.3 Å². The number of carboxylic acid groups (broad SMARTS) is 1. The van der Waals surface area contributed by atoms with Crippen LogP contribution in [0.5, 0.6) is 0 Å². The molecule has 1 aromatic carbocycles. The smallest absolute Gasteiger partial charge is 0.433 e. The zero-order valence-corrected chi connectivity index (χ0v) is 22.2. The van der Waals surface area contributed by atoms with Crippen molar-refractivity contribution in [3.05, 3.63) is 51.3 Å². The molecular formula is C25H30Cl2F3N3O4. The molecule has 1 amide bonds. The fraction of sp³-hybridized carbons (Fsp3) is 0.560.